The minimum absolute atomic E-state index is 0.0211. The molecule has 1 unspecified atom stereocenters. The Hall–Kier alpha value is -3.65. The highest BCUT2D eigenvalue weighted by molar-refractivity contribution is 6.36. The van der Waals surface area contributed by atoms with Gasteiger partial charge in [-0.05, 0) is 61.9 Å². The molecule has 8 heteroatoms. The zero-order valence-corrected chi connectivity index (χ0v) is 21.7. The summed E-state index contributed by atoms with van der Waals surface area (Å²) in [5.41, 5.74) is 3.48. The number of carbonyl (C=O) groups is 2. The summed E-state index contributed by atoms with van der Waals surface area (Å²) in [5, 5.41) is 2.82. The summed E-state index contributed by atoms with van der Waals surface area (Å²) >= 11 is 0. The number of aryl methyl sites for hydroxylation is 1. The van der Waals surface area contributed by atoms with E-state index in [0.29, 0.717) is 41.0 Å². The van der Waals surface area contributed by atoms with Crippen LogP contribution in [0, 0.1) is 30.4 Å². The van der Waals surface area contributed by atoms with E-state index < -0.39 is 17.8 Å². The molecule has 2 N–H and O–H groups in total. The van der Waals surface area contributed by atoms with Crippen LogP contribution in [0.3, 0.4) is 0 Å². The topological polar surface area (TPSA) is 65.2 Å². The number of benzene rings is 2. The maximum Gasteiger partial charge on any atom is 0.256 e. The number of carbonyl (C=O) groups excluding carboxylic acids is 2. The Labute approximate surface area is 225 Å². The molecule has 202 valence electrons. The maximum absolute atomic E-state index is 14.8. The number of nitrogens with zero attached hydrogens (tertiary/aromatic N) is 1. The molecule has 3 aliphatic rings. The molecule has 5 nitrogen and oxygen atoms in total. The number of anilines is 1. The van der Waals surface area contributed by atoms with Gasteiger partial charge < -0.3 is 15.2 Å². The Balaban J connectivity index is 1.36. The lowest BCUT2D eigenvalue weighted by Crippen LogP contribution is -2.32. The number of rotatable bonds is 6. The molecule has 1 amide bonds. The predicted octanol–water partition coefficient (Wildman–Crippen LogP) is 6.40. The van der Waals surface area contributed by atoms with E-state index in [0.717, 1.165) is 44.1 Å². The van der Waals surface area contributed by atoms with Gasteiger partial charge in [-0.25, -0.2) is 13.2 Å². The SMILES string of the molecule is Cc1cc(C(=O)C2CCC[C@H]2CN2CC[C@H](F)C2)c(/C=C2\C(=O)Nc3cccc(-c4cccc(F)c4F)c32)[nH]1. The Morgan fingerprint density at radius 2 is 1.90 bits per heavy atom. The Morgan fingerprint density at radius 1 is 1.10 bits per heavy atom. The number of ketones is 1. The fourth-order valence-corrected chi connectivity index (χ4v) is 6.48. The van der Waals surface area contributed by atoms with Gasteiger partial charge in [0.15, 0.2) is 17.4 Å². The number of Topliss-reactive ketones (excluding diaryl/α,β-unsaturated/α-hetero) is 1. The number of hydrogen-bond acceptors (Lipinski definition) is 3. The summed E-state index contributed by atoms with van der Waals surface area (Å²) in [5.74, 6) is -2.32. The number of alkyl halides is 1. The van der Waals surface area contributed by atoms with E-state index >= 15 is 0 Å². The monoisotopic (exact) mass is 533 g/mol. The molecule has 39 heavy (non-hydrogen) atoms. The standard InChI is InChI=1S/C31H30F3N3O2/c1-17-13-23(30(38)20-6-2-5-18(20)15-37-12-11-19(32)16-37)27(35-17)14-24-28-21(7-4-10-26(28)36-31(24)39)22-8-3-9-25(33)29(22)34/h3-4,7-10,13-14,18-20,35H,2,5-6,11-12,15-16H2,1H3,(H,36,39)/b24-14-/t18-,19-,20?/m0/s1. The summed E-state index contributed by atoms with van der Waals surface area (Å²) in [7, 11) is 0. The normalized spacial score (nSPS) is 23.9. The zero-order valence-electron chi connectivity index (χ0n) is 21.7. The number of halogens is 3. The van der Waals surface area contributed by atoms with Crippen molar-refractivity contribution in [3.63, 3.8) is 0 Å². The molecule has 6 rings (SSSR count). The molecule has 3 atom stereocenters. The van der Waals surface area contributed by atoms with Crippen LogP contribution >= 0.6 is 0 Å². The summed E-state index contributed by atoms with van der Waals surface area (Å²) in [6.07, 6.45) is 4.06. The average Bonchev–Trinajstić information content (AvgIpc) is 3.69. The van der Waals surface area contributed by atoms with Crippen LogP contribution in [0.4, 0.5) is 18.9 Å². The molecule has 1 aromatic heterocycles. The first-order valence-corrected chi connectivity index (χ1v) is 13.5. The molecule has 3 aromatic rings. The van der Waals surface area contributed by atoms with Crippen molar-refractivity contribution in [3.05, 3.63) is 76.6 Å². The van der Waals surface area contributed by atoms with Crippen molar-refractivity contribution in [1.29, 1.82) is 0 Å². The first-order chi connectivity index (χ1) is 18.8. The average molecular weight is 534 g/mol. The number of aromatic nitrogens is 1. The minimum Gasteiger partial charge on any atom is -0.359 e. The summed E-state index contributed by atoms with van der Waals surface area (Å²) in [6, 6.07) is 10.8. The lowest BCUT2D eigenvalue weighted by molar-refractivity contribution is -0.110. The molecule has 3 heterocycles. The lowest BCUT2D eigenvalue weighted by Gasteiger charge is -2.24. The van der Waals surface area contributed by atoms with Crippen molar-refractivity contribution in [2.24, 2.45) is 11.8 Å². The van der Waals surface area contributed by atoms with Crippen LogP contribution in [0.1, 0.15) is 53.0 Å². The van der Waals surface area contributed by atoms with Crippen molar-refractivity contribution in [2.45, 2.75) is 38.8 Å². The molecule has 1 aliphatic carbocycles. The van der Waals surface area contributed by atoms with Crippen LogP contribution in [-0.4, -0.2) is 47.4 Å². The van der Waals surface area contributed by atoms with Crippen LogP contribution in [0.25, 0.3) is 22.8 Å². The van der Waals surface area contributed by atoms with Crippen molar-refractivity contribution >= 4 is 29.0 Å². The second kappa shape index (κ2) is 10.2. The Morgan fingerprint density at radius 3 is 2.69 bits per heavy atom. The number of likely N-dealkylation sites (tertiary alicyclic amines) is 1. The maximum atomic E-state index is 14.8. The Bertz CT molecular complexity index is 1490. The van der Waals surface area contributed by atoms with Gasteiger partial charge in [-0.1, -0.05) is 30.7 Å². The predicted molar refractivity (Wildman–Crippen MR) is 145 cm³/mol. The molecule has 2 fully saturated rings. The molecule has 0 radical (unpaired) electrons. The fraction of sp³-hybridized carbons (Fsp3) is 0.355. The minimum atomic E-state index is -0.986. The van der Waals surface area contributed by atoms with E-state index in [-0.39, 0.29) is 34.7 Å². The summed E-state index contributed by atoms with van der Waals surface area (Å²) in [6.45, 7) is 3.73. The van der Waals surface area contributed by atoms with E-state index in [4.69, 9.17) is 0 Å². The van der Waals surface area contributed by atoms with Crippen LogP contribution in [0.5, 0.6) is 0 Å². The largest absolute Gasteiger partial charge is 0.359 e. The van der Waals surface area contributed by atoms with Crippen molar-refractivity contribution < 1.29 is 22.8 Å². The van der Waals surface area contributed by atoms with Gasteiger partial charge in [0.05, 0.1) is 5.57 Å². The smallest absolute Gasteiger partial charge is 0.256 e. The number of fused-ring (bicyclic) bond motifs is 1. The van der Waals surface area contributed by atoms with Gasteiger partial charge in [-0.2, -0.15) is 0 Å². The number of amides is 1. The third-order valence-corrected chi connectivity index (χ3v) is 8.31. The molecule has 2 aliphatic heterocycles. The molecular weight excluding hydrogens is 503 g/mol. The highest BCUT2D eigenvalue weighted by Gasteiger charge is 2.37. The van der Waals surface area contributed by atoms with Gasteiger partial charge >= 0.3 is 0 Å². The summed E-state index contributed by atoms with van der Waals surface area (Å²) < 4.78 is 42.6. The summed E-state index contributed by atoms with van der Waals surface area (Å²) in [4.78, 5) is 32.3. The zero-order chi connectivity index (χ0) is 27.3. The highest BCUT2D eigenvalue weighted by atomic mass is 19.2. The third-order valence-electron chi connectivity index (χ3n) is 8.31. The quantitative estimate of drug-likeness (QED) is 0.285. The second-order valence-corrected chi connectivity index (χ2v) is 10.9. The van der Waals surface area contributed by atoms with Crippen molar-refractivity contribution in [2.75, 3.05) is 25.0 Å². The van der Waals surface area contributed by atoms with E-state index in [9.17, 15) is 22.8 Å². The van der Waals surface area contributed by atoms with E-state index in [1.54, 1.807) is 24.3 Å². The number of hydrogen-bond donors (Lipinski definition) is 2. The van der Waals surface area contributed by atoms with Gasteiger partial charge in [0, 0.05) is 59.3 Å². The van der Waals surface area contributed by atoms with Crippen LogP contribution < -0.4 is 5.32 Å². The molecule has 0 bridgehead atoms. The van der Waals surface area contributed by atoms with Crippen LogP contribution in [-0.2, 0) is 4.79 Å². The van der Waals surface area contributed by atoms with Crippen LogP contribution in [0.2, 0.25) is 0 Å². The first kappa shape index (κ1) is 25.6. The van der Waals surface area contributed by atoms with Gasteiger partial charge in [-0.15, -0.1) is 0 Å². The highest BCUT2D eigenvalue weighted by Crippen LogP contribution is 2.42. The molecule has 1 saturated heterocycles. The Kier molecular flexibility index (Phi) is 6.67. The van der Waals surface area contributed by atoms with Crippen molar-refractivity contribution in [1.82, 2.24) is 9.88 Å². The fourth-order valence-electron chi connectivity index (χ4n) is 6.48. The van der Waals surface area contributed by atoms with Gasteiger partial charge in [0.25, 0.3) is 5.91 Å². The number of H-pyrrole nitrogens is 1. The van der Waals surface area contributed by atoms with E-state index in [2.05, 4.69) is 15.2 Å². The van der Waals surface area contributed by atoms with Crippen LogP contribution in [0.15, 0.2) is 42.5 Å². The molecule has 0 spiro atoms. The second-order valence-electron chi connectivity index (χ2n) is 10.9. The molecule has 1 saturated carbocycles. The lowest BCUT2D eigenvalue weighted by atomic mass is 9.87. The number of aromatic amines is 1. The first-order valence-electron chi connectivity index (χ1n) is 13.5. The van der Waals surface area contributed by atoms with E-state index in [1.807, 2.05) is 13.0 Å². The van der Waals surface area contributed by atoms with Gasteiger partial charge in [0.2, 0.25) is 0 Å². The number of nitrogens with one attached hydrogen (secondary N) is 2. The third kappa shape index (κ3) is 4.71. The van der Waals surface area contributed by atoms with Gasteiger partial charge in [0.1, 0.15) is 6.17 Å². The van der Waals surface area contributed by atoms with Crippen molar-refractivity contribution in [3.8, 4) is 11.1 Å². The molecular formula is C31H30F3N3O2. The van der Waals surface area contributed by atoms with E-state index in [1.165, 1.54) is 12.1 Å². The van der Waals surface area contributed by atoms with Gasteiger partial charge in [-0.3, -0.25) is 9.59 Å². The molecule has 2 aromatic carbocycles.